The van der Waals surface area contributed by atoms with Gasteiger partial charge in [-0.05, 0) is 29.8 Å². The molecule has 3 aromatic rings. The van der Waals surface area contributed by atoms with Gasteiger partial charge in [-0.25, -0.2) is 4.98 Å². The number of hydrogen-bond donors (Lipinski definition) is 1. The third kappa shape index (κ3) is 2.51. The van der Waals surface area contributed by atoms with E-state index in [1.54, 1.807) is 0 Å². The van der Waals surface area contributed by atoms with Crippen molar-refractivity contribution in [3.63, 3.8) is 0 Å². The highest BCUT2D eigenvalue weighted by molar-refractivity contribution is 5.74. The summed E-state index contributed by atoms with van der Waals surface area (Å²) in [5, 5.41) is 8.34. The lowest BCUT2D eigenvalue weighted by Gasteiger charge is -2.16. The molecule has 0 radical (unpaired) electrons. The van der Waals surface area contributed by atoms with Crippen LogP contribution in [-0.2, 0) is 6.54 Å². The molecule has 0 amide bonds. The number of hydrogen-bond acceptors (Lipinski definition) is 5. The molecule has 3 rings (SSSR count). The second-order valence-corrected chi connectivity index (χ2v) is 4.70. The van der Waals surface area contributed by atoms with E-state index in [0.717, 1.165) is 22.3 Å². The molecular weight excluding hydrogens is 250 g/mol. The molecule has 0 aliphatic carbocycles. The normalized spacial score (nSPS) is 10.7. The molecular formula is C15H15N5. The maximum Gasteiger partial charge on any atom is 0.245 e. The fraction of sp³-hybridized carbons (Fsp3) is 0.133. The second-order valence-electron chi connectivity index (χ2n) is 4.70. The predicted octanol–water partition coefficient (Wildman–Crippen LogP) is 2.24. The summed E-state index contributed by atoms with van der Waals surface area (Å²) in [7, 11) is 1.95. The predicted molar refractivity (Wildman–Crippen MR) is 80.3 cm³/mol. The van der Waals surface area contributed by atoms with E-state index in [0.29, 0.717) is 12.5 Å². The fourth-order valence-corrected chi connectivity index (χ4v) is 2.00. The van der Waals surface area contributed by atoms with Gasteiger partial charge in [0.25, 0.3) is 0 Å². The number of fused-ring (bicyclic) bond motifs is 1. The molecule has 0 spiro atoms. The Kier molecular flexibility index (Phi) is 3.16. The molecule has 0 bridgehead atoms. The first-order valence-electron chi connectivity index (χ1n) is 6.37. The van der Waals surface area contributed by atoms with Crippen molar-refractivity contribution in [3.05, 3.63) is 54.1 Å². The Bertz CT molecular complexity index is 724. The van der Waals surface area contributed by atoms with Crippen LogP contribution in [0.3, 0.4) is 0 Å². The van der Waals surface area contributed by atoms with Crippen LogP contribution in [-0.4, -0.2) is 22.2 Å². The Morgan fingerprint density at radius 3 is 2.40 bits per heavy atom. The zero-order valence-corrected chi connectivity index (χ0v) is 11.2. The van der Waals surface area contributed by atoms with Crippen molar-refractivity contribution in [3.8, 4) is 0 Å². The van der Waals surface area contributed by atoms with Crippen LogP contribution in [0.1, 0.15) is 5.56 Å². The molecule has 0 saturated carbocycles. The Labute approximate surface area is 117 Å². The summed E-state index contributed by atoms with van der Waals surface area (Å²) in [5.74, 6) is 0.612. The highest BCUT2D eigenvalue weighted by Gasteiger charge is 2.07. The molecule has 2 N–H and O–H groups in total. The summed E-state index contributed by atoms with van der Waals surface area (Å²) in [6.07, 6.45) is 0. The molecule has 5 heteroatoms. The number of nitrogens with zero attached hydrogens (tertiary/aromatic N) is 4. The van der Waals surface area contributed by atoms with E-state index in [2.05, 4.69) is 15.2 Å². The summed E-state index contributed by atoms with van der Waals surface area (Å²) in [6.45, 7) is 0.709. The van der Waals surface area contributed by atoms with Crippen molar-refractivity contribution in [2.24, 2.45) is 0 Å². The van der Waals surface area contributed by atoms with Gasteiger partial charge in [0.2, 0.25) is 5.95 Å². The zero-order chi connectivity index (χ0) is 13.9. The third-order valence-corrected chi connectivity index (χ3v) is 3.09. The average Bonchev–Trinajstić information content (AvgIpc) is 2.49. The Morgan fingerprint density at radius 1 is 0.950 bits per heavy atom. The van der Waals surface area contributed by atoms with Crippen molar-refractivity contribution in [2.75, 3.05) is 17.7 Å². The molecule has 1 heterocycles. The molecule has 1 aromatic heterocycles. The number of benzene rings is 2. The zero-order valence-electron chi connectivity index (χ0n) is 11.2. The lowest BCUT2D eigenvalue weighted by atomic mass is 10.2. The van der Waals surface area contributed by atoms with Gasteiger partial charge < -0.3 is 10.6 Å². The molecule has 20 heavy (non-hydrogen) atoms. The van der Waals surface area contributed by atoms with E-state index >= 15 is 0 Å². The topological polar surface area (TPSA) is 67.9 Å². The third-order valence-electron chi connectivity index (χ3n) is 3.09. The van der Waals surface area contributed by atoms with Crippen molar-refractivity contribution in [1.82, 2.24) is 15.2 Å². The van der Waals surface area contributed by atoms with Crippen molar-refractivity contribution >= 4 is 22.7 Å². The largest absolute Gasteiger partial charge is 0.399 e. The SMILES string of the molecule is CN(Cc1ccc(N)cc1)c1nnc2ccccc2n1. The quantitative estimate of drug-likeness (QED) is 0.736. The smallest absolute Gasteiger partial charge is 0.245 e. The Morgan fingerprint density at radius 2 is 1.65 bits per heavy atom. The van der Waals surface area contributed by atoms with Crippen LogP contribution in [0.15, 0.2) is 48.5 Å². The number of nitrogen functional groups attached to an aromatic ring is 1. The highest BCUT2D eigenvalue weighted by atomic mass is 15.3. The molecule has 0 atom stereocenters. The van der Waals surface area contributed by atoms with Crippen molar-refractivity contribution in [2.45, 2.75) is 6.54 Å². The van der Waals surface area contributed by atoms with Crippen LogP contribution in [0, 0.1) is 0 Å². The number of nitrogens with two attached hydrogens (primary N) is 1. The molecule has 0 unspecified atom stereocenters. The van der Waals surface area contributed by atoms with E-state index in [-0.39, 0.29) is 0 Å². The minimum Gasteiger partial charge on any atom is -0.399 e. The lowest BCUT2D eigenvalue weighted by molar-refractivity contribution is 0.845. The maximum atomic E-state index is 5.68. The first kappa shape index (κ1) is 12.3. The van der Waals surface area contributed by atoms with Crippen LogP contribution in [0.25, 0.3) is 11.0 Å². The number of aromatic nitrogens is 3. The van der Waals surface area contributed by atoms with Gasteiger partial charge in [0.05, 0.1) is 5.52 Å². The van der Waals surface area contributed by atoms with E-state index in [9.17, 15) is 0 Å². The lowest BCUT2D eigenvalue weighted by Crippen LogP contribution is -2.19. The van der Waals surface area contributed by atoms with Gasteiger partial charge in [-0.3, -0.25) is 0 Å². The maximum absolute atomic E-state index is 5.68. The summed E-state index contributed by atoms with van der Waals surface area (Å²) in [5.41, 5.74) is 9.25. The first-order valence-corrected chi connectivity index (χ1v) is 6.37. The van der Waals surface area contributed by atoms with E-state index in [1.165, 1.54) is 0 Å². The second kappa shape index (κ2) is 5.13. The number of rotatable bonds is 3. The van der Waals surface area contributed by atoms with E-state index < -0.39 is 0 Å². The Hall–Kier alpha value is -2.69. The molecule has 100 valence electrons. The molecule has 0 aliphatic rings. The molecule has 0 fully saturated rings. The minimum atomic E-state index is 0.612. The molecule has 2 aromatic carbocycles. The summed E-state index contributed by atoms with van der Waals surface area (Å²) >= 11 is 0. The highest BCUT2D eigenvalue weighted by Crippen LogP contribution is 2.14. The summed E-state index contributed by atoms with van der Waals surface area (Å²) < 4.78 is 0. The van der Waals surface area contributed by atoms with Gasteiger partial charge in [-0.2, -0.15) is 0 Å². The minimum absolute atomic E-state index is 0.612. The van der Waals surface area contributed by atoms with E-state index in [4.69, 9.17) is 5.73 Å². The van der Waals surface area contributed by atoms with Gasteiger partial charge >= 0.3 is 0 Å². The van der Waals surface area contributed by atoms with Gasteiger partial charge in [-0.1, -0.05) is 24.3 Å². The van der Waals surface area contributed by atoms with Gasteiger partial charge in [0, 0.05) is 19.3 Å². The number of anilines is 2. The van der Waals surface area contributed by atoms with Gasteiger partial charge in [0.15, 0.2) is 0 Å². The van der Waals surface area contributed by atoms with Gasteiger partial charge in [0.1, 0.15) is 5.52 Å². The van der Waals surface area contributed by atoms with Crippen LogP contribution < -0.4 is 10.6 Å². The molecule has 0 saturated heterocycles. The standard InChI is InChI=1S/C15H15N5/c1-20(10-11-6-8-12(16)9-7-11)15-17-13-4-2-3-5-14(13)18-19-15/h2-9H,10,16H2,1H3. The van der Waals surface area contributed by atoms with Crippen LogP contribution in [0.2, 0.25) is 0 Å². The summed E-state index contributed by atoms with van der Waals surface area (Å²) in [4.78, 5) is 6.48. The molecule has 5 nitrogen and oxygen atoms in total. The monoisotopic (exact) mass is 265 g/mol. The number of para-hydroxylation sites is 1. The van der Waals surface area contributed by atoms with Crippen molar-refractivity contribution in [1.29, 1.82) is 0 Å². The van der Waals surface area contributed by atoms with Crippen LogP contribution in [0.4, 0.5) is 11.6 Å². The van der Waals surface area contributed by atoms with Crippen molar-refractivity contribution < 1.29 is 0 Å². The average molecular weight is 265 g/mol. The van der Waals surface area contributed by atoms with Crippen LogP contribution in [0.5, 0.6) is 0 Å². The van der Waals surface area contributed by atoms with Crippen LogP contribution >= 0.6 is 0 Å². The fourth-order valence-electron chi connectivity index (χ4n) is 2.00. The Balaban J connectivity index is 1.84. The van der Waals surface area contributed by atoms with Gasteiger partial charge in [-0.15, -0.1) is 10.2 Å². The van der Waals surface area contributed by atoms with E-state index in [1.807, 2.05) is 60.5 Å². The summed E-state index contributed by atoms with van der Waals surface area (Å²) in [6, 6.07) is 15.5. The first-order chi connectivity index (χ1) is 9.72. The molecule has 0 aliphatic heterocycles.